The molecule has 2 N–H and O–H groups in total. The van der Waals surface area contributed by atoms with E-state index in [4.69, 9.17) is 44.9 Å². The van der Waals surface area contributed by atoms with Crippen LogP contribution in [0.2, 0.25) is 10.0 Å². The first-order chi connectivity index (χ1) is 13.9. The maximum absolute atomic E-state index is 12.0. The maximum atomic E-state index is 12.0. The Hall–Kier alpha value is -2.35. The third-order valence-corrected chi connectivity index (χ3v) is 4.34. The molecule has 154 valence electrons. The summed E-state index contributed by atoms with van der Waals surface area (Å²) in [6.45, 7) is 2.38. The van der Waals surface area contributed by atoms with Crippen LogP contribution in [-0.4, -0.2) is 30.2 Å². The average Bonchev–Trinajstić information content (AvgIpc) is 2.67. The number of carbonyl (C=O) groups is 2. The molecule has 2 aromatic rings. The lowest BCUT2D eigenvalue weighted by molar-refractivity contribution is -0.119. The predicted octanol–water partition coefficient (Wildman–Crippen LogP) is 4.84. The summed E-state index contributed by atoms with van der Waals surface area (Å²) in [6, 6.07) is 11.5. The average molecular weight is 455 g/mol. The minimum absolute atomic E-state index is 0.167. The van der Waals surface area contributed by atoms with Crippen molar-refractivity contribution in [1.82, 2.24) is 5.32 Å². The SMILES string of the molecule is CCOC(=O)c1ccc(NC(=S)NC(=O)CCCOc2ccc(Cl)cc2Cl)cc1. The van der Waals surface area contributed by atoms with E-state index in [9.17, 15) is 9.59 Å². The Bertz CT molecular complexity index is 875. The number of ether oxygens (including phenoxy) is 2. The molecule has 0 saturated carbocycles. The van der Waals surface area contributed by atoms with Gasteiger partial charge in [-0.15, -0.1) is 0 Å². The summed E-state index contributed by atoms with van der Waals surface area (Å²) in [4.78, 5) is 23.6. The normalized spacial score (nSPS) is 10.2. The van der Waals surface area contributed by atoms with Gasteiger partial charge in [-0.25, -0.2) is 4.79 Å². The van der Waals surface area contributed by atoms with Crippen LogP contribution >= 0.6 is 35.4 Å². The zero-order chi connectivity index (χ0) is 21.2. The van der Waals surface area contributed by atoms with Crippen LogP contribution in [0.1, 0.15) is 30.1 Å². The Morgan fingerprint density at radius 1 is 1.10 bits per heavy atom. The standard InChI is InChI=1S/C20H20Cl2N2O4S/c1-2-27-19(26)13-5-8-15(9-6-13)23-20(29)24-18(25)4-3-11-28-17-10-7-14(21)12-16(17)22/h5-10,12H,2-4,11H2,1H3,(H2,23,24,25,29). The summed E-state index contributed by atoms with van der Waals surface area (Å²) in [6.07, 6.45) is 0.719. The number of hydrogen-bond donors (Lipinski definition) is 2. The second kappa shape index (κ2) is 11.6. The maximum Gasteiger partial charge on any atom is 0.338 e. The Kier molecular flexibility index (Phi) is 9.18. The Labute approximate surface area is 184 Å². The van der Waals surface area contributed by atoms with Crippen LogP contribution in [0.15, 0.2) is 42.5 Å². The molecule has 0 radical (unpaired) electrons. The Morgan fingerprint density at radius 2 is 1.83 bits per heavy atom. The van der Waals surface area contributed by atoms with Crippen LogP contribution in [0.4, 0.5) is 5.69 Å². The first-order valence-corrected chi connectivity index (χ1v) is 10.0. The van der Waals surface area contributed by atoms with Crippen molar-refractivity contribution in [3.63, 3.8) is 0 Å². The fourth-order valence-corrected chi connectivity index (χ4v) is 2.96. The van der Waals surface area contributed by atoms with Gasteiger partial charge in [0, 0.05) is 17.1 Å². The van der Waals surface area contributed by atoms with Crippen molar-refractivity contribution in [2.45, 2.75) is 19.8 Å². The Balaban J connectivity index is 1.70. The van der Waals surface area contributed by atoms with Gasteiger partial charge in [0.1, 0.15) is 5.75 Å². The van der Waals surface area contributed by atoms with Crippen molar-refractivity contribution in [1.29, 1.82) is 0 Å². The molecule has 0 aliphatic heterocycles. The van der Waals surface area contributed by atoms with Crippen molar-refractivity contribution in [2.24, 2.45) is 0 Å². The number of amides is 1. The molecule has 2 rings (SSSR count). The number of thiocarbonyl (C=S) groups is 1. The molecule has 0 aromatic heterocycles. The quantitative estimate of drug-likeness (QED) is 0.337. The molecule has 0 aliphatic carbocycles. The van der Waals surface area contributed by atoms with Gasteiger partial charge in [-0.05, 0) is 68.0 Å². The van der Waals surface area contributed by atoms with Crippen molar-refractivity contribution in [3.8, 4) is 5.75 Å². The van der Waals surface area contributed by atoms with Crippen LogP contribution in [-0.2, 0) is 9.53 Å². The molecule has 1 amide bonds. The summed E-state index contributed by atoms with van der Waals surface area (Å²) >= 11 is 17.0. The van der Waals surface area contributed by atoms with Crippen molar-refractivity contribution < 1.29 is 19.1 Å². The van der Waals surface area contributed by atoms with E-state index >= 15 is 0 Å². The number of benzene rings is 2. The molecule has 0 atom stereocenters. The zero-order valence-corrected chi connectivity index (χ0v) is 18.0. The van der Waals surface area contributed by atoms with Gasteiger partial charge < -0.3 is 20.1 Å². The van der Waals surface area contributed by atoms with E-state index in [-0.39, 0.29) is 17.4 Å². The second-order valence-electron chi connectivity index (χ2n) is 5.83. The summed E-state index contributed by atoms with van der Waals surface area (Å²) in [5, 5.41) is 6.59. The molecule has 0 saturated heterocycles. The highest BCUT2D eigenvalue weighted by Crippen LogP contribution is 2.27. The van der Waals surface area contributed by atoms with E-state index in [0.717, 1.165) is 0 Å². The molecule has 0 unspecified atom stereocenters. The Morgan fingerprint density at radius 3 is 2.48 bits per heavy atom. The summed E-state index contributed by atoms with van der Waals surface area (Å²) in [5.41, 5.74) is 1.08. The molecule has 0 aliphatic rings. The van der Waals surface area contributed by atoms with E-state index < -0.39 is 5.97 Å². The van der Waals surface area contributed by atoms with Crippen LogP contribution in [0.3, 0.4) is 0 Å². The zero-order valence-electron chi connectivity index (χ0n) is 15.7. The lowest BCUT2D eigenvalue weighted by Crippen LogP contribution is -2.34. The lowest BCUT2D eigenvalue weighted by Gasteiger charge is -2.11. The molecule has 0 heterocycles. The predicted molar refractivity (Wildman–Crippen MR) is 118 cm³/mol. The fourth-order valence-electron chi connectivity index (χ4n) is 2.26. The molecule has 2 aromatic carbocycles. The van der Waals surface area contributed by atoms with Crippen LogP contribution in [0.25, 0.3) is 0 Å². The number of halogens is 2. The van der Waals surface area contributed by atoms with Crippen molar-refractivity contribution in [3.05, 3.63) is 58.1 Å². The van der Waals surface area contributed by atoms with E-state index in [1.54, 1.807) is 49.4 Å². The highest BCUT2D eigenvalue weighted by atomic mass is 35.5. The second-order valence-corrected chi connectivity index (χ2v) is 7.08. The number of rotatable bonds is 8. The fraction of sp³-hybridized carbons (Fsp3) is 0.250. The largest absolute Gasteiger partial charge is 0.492 e. The summed E-state index contributed by atoms with van der Waals surface area (Å²) in [5.74, 6) is -0.117. The van der Waals surface area contributed by atoms with Gasteiger partial charge in [-0.2, -0.15) is 0 Å². The number of anilines is 1. The van der Waals surface area contributed by atoms with Crippen molar-refractivity contribution >= 4 is 58.1 Å². The van der Waals surface area contributed by atoms with Crippen LogP contribution in [0, 0.1) is 0 Å². The van der Waals surface area contributed by atoms with E-state index in [1.165, 1.54) is 0 Å². The minimum Gasteiger partial charge on any atom is -0.492 e. The van der Waals surface area contributed by atoms with Crippen LogP contribution in [0.5, 0.6) is 5.75 Å². The molecular weight excluding hydrogens is 435 g/mol. The van der Waals surface area contributed by atoms with E-state index in [1.807, 2.05) is 0 Å². The lowest BCUT2D eigenvalue weighted by atomic mass is 10.2. The van der Waals surface area contributed by atoms with Crippen LogP contribution < -0.4 is 15.4 Å². The molecule has 9 heteroatoms. The number of hydrogen-bond acceptors (Lipinski definition) is 5. The first-order valence-electron chi connectivity index (χ1n) is 8.85. The first kappa shape index (κ1) is 22.9. The smallest absolute Gasteiger partial charge is 0.338 e. The number of nitrogens with one attached hydrogen (secondary N) is 2. The third-order valence-electron chi connectivity index (χ3n) is 3.61. The van der Waals surface area contributed by atoms with E-state index in [2.05, 4.69) is 10.6 Å². The highest BCUT2D eigenvalue weighted by molar-refractivity contribution is 7.80. The third kappa shape index (κ3) is 7.89. The van der Waals surface area contributed by atoms with Gasteiger partial charge in [0.05, 0.1) is 23.8 Å². The van der Waals surface area contributed by atoms with Gasteiger partial charge in [0.15, 0.2) is 5.11 Å². The van der Waals surface area contributed by atoms with Gasteiger partial charge in [0.2, 0.25) is 5.91 Å². The molecule has 0 spiro atoms. The van der Waals surface area contributed by atoms with Gasteiger partial charge >= 0.3 is 5.97 Å². The van der Waals surface area contributed by atoms with E-state index in [0.29, 0.717) is 46.7 Å². The molecule has 6 nitrogen and oxygen atoms in total. The summed E-state index contributed by atoms with van der Waals surface area (Å²) in [7, 11) is 0. The molecular formula is C20H20Cl2N2O4S. The van der Waals surface area contributed by atoms with Gasteiger partial charge in [0.25, 0.3) is 0 Å². The van der Waals surface area contributed by atoms with Crippen molar-refractivity contribution in [2.75, 3.05) is 18.5 Å². The summed E-state index contributed by atoms with van der Waals surface area (Å²) < 4.78 is 10.5. The van der Waals surface area contributed by atoms with Gasteiger partial charge in [-0.1, -0.05) is 23.2 Å². The van der Waals surface area contributed by atoms with Gasteiger partial charge in [-0.3, -0.25) is 4.79 Å². The molecule has 0 fully saturated rings. The number of esters is 1. The molecule has 0 bridgehead atoms. The monoisotopic (exact) mass is 454 g/mol. The number of carbonyl (C=O) groups excluding carboxylic acids is 2. The highest BCUT2D eigenvalue weighted by Gasteiger charge is 2.08. The molecule has 29 heavy (non-hydrogen) atoms. The topological polar surface area (TPSA) is 76.7 Å². The minimum atomic E-state index is -0.392.